The van der Waals surface area contributed by atoms with Crippen molar-refractivity contribution in [2.24, 2.45) is 0 Å². The Morgan fingerprint density at radius 3 is 2.77 bits per heavy atom. The van der Waals surface area contributed by atoms with Crippen molar-refractivity contribution in [3.63, 3.8) is 0 Å². The maximum absolute atomic E-state index is 12.3. The SMILES string of the molecule is Cc1cnn([C@H](C)C(=O)NCCc2noc(C(F)(F)F)n2)c1. The van der Waals surface area contributed by atoms with Crippen molar-refractivity contribution >= 4 is 5.91 Å². The van der Waals surface area contributed by atoms with E-state index in [0.717, 1.165) is 5.56 Å². The summed E-state index contributed by atoms with van der Waals surface area (Å²) in [5.41, 5.74) is 0.922. The topological polar surface area (TPSA) is 85.8 Å². The number of aromatic nitrogens is 4. The minimum absolute atomic E-state index is 0.0379. The van der Waals surface area contributed by atoms with Gasteiger partial charge in [0.15, 0.2) is 5.82 Å². The van der Waals surface area contributed by atoms with Crippen molar-refractivity contribution in [1.29, 1.82) is 0 Å². The van der Waals surface area contributed by atoms with Gasteiger partial charge in [-0.25, -0.2) is 0 Å². The Kier molecular flexibility index (Phi) is 4.48. The first kappa shape index (κ1) is 16.0. The molecule has 2 aromatic heterocycles. The molecule has 22 heavy (non-hydrogen) atoms. The van der Waals surface area contributed by atoms with Gasteiger partial charge < -0.3 is 9.84 Å². The Hall–Kier alpha value is -2.39. The van der Waals surface area contributed by atoms with E-state index in [9.17, 15) is 18.0 Å². The number of nitrogens with one attached hydrogen (secondary N) is 1. The van der Waals surface area contributed by atoms with E-state index in [0.29, 0.717) is 0 Å². The number of carbonyl (C=O) groups excluding carboxylic acids is 1. The fraction of sp³-hybridized carbons (Fsp3) is 0.500. The molecule has 0 aliphatic carbocycles. The van der Waals surface area contributed by atoms with Crippen LogP contribution in [0.15, 0.2) is 16.9 Å². The highest BCUT2D eigenvalue weighted by Gasteiger charge is 2.38. The monoisotopic (exact) mass is 317 g/mol. The molecule has 1 atom stereocenters. The second kappa shape index (κ2) is 6.16. The molecule has 1 N–H and O–H groups in total. The third kappa shape index (κ3) is 3.83. The van der Waals surface area contributed by atoms with Gasteiger partial charge in [-0.3, -0.25) is 9.48 Å². The van der Waals surface area contributed by atoms with Crippen LogP contribution in [0.1, 0.15) is 30.2 Å². The molecule has 2 aromatic rings. The van der Waals surface area contributed by atoms with Gasteiger partial charge >= 0.3 is 12.1 Å². The molecule has 0 unspecified atom stereocenters. The summed E-state index contributed by atoms with van der Waals surface area (Å²) < 4.78 is 42.4. The smallest absolute Gasteiger partial charge is 0.354 e. The number of hydrogen-bond donors (Lipinski definition) is 1. The zero-order valence-corrected chi connectivity index (χ0v) is 11.9. The van der Waals surface area contributed by atoms with E-state index < -0.39 is 18.1 Å². The summed E-state index contributed by atoms with van der Waals surface area (Å²) in [6.07, 6.45) is -1.28. The molecule has 0 fully saturated rings. The first-order chi connectivity index (χ1) is 10.3. The molecule has 0 aliphatic rings. The number of halogens is 3. The first-order valence-electron chi connectivity index (χ1n) is 6.45. The Bertz CT molecular complexity index is 649. The van der Waals surface area contributed by atoms with Gasteiger partial charge in [0.25, 0.3) is 0 Å². The molecule has 1 amide bonds. The van der Waals surface area contributed by atoms with Crippen LogP contribution in [0.5, 0.6) is 0 Å². The highest BCUT2D eigenvalue weighted by Crippen LogP contribution is 2.27. The van der Waals surface area contributed by atoms with Crippen molar-refractivity contribution in [2.75, 3.05) is 6.54 Å². The van der Waals surface area contributed by atoms with E-state index in [1.54, 1.807) is 19.3 Å². The van der Waals surface area contributed by atoms with Gasteiger partial charge in [-0.2, -0.15) is 23.3 Å². The number of amides is 1. The van der Waals surface area contributed by atoms with Crippen LogP contribution in [0.25, 0.3) is 0 Å². The zero-order valence-electron chi connectivity index (χ0n) is 11.9. The molecule has 0 aromatic carbocycles. The highest BCUT2D eigenvalue weighted by atomic mass is 19.4. The summed E-state index contributed by atoms with van der Waals surface area (Å²) in [6.45, 7) is 3.61. The predicted molar refractivity (Wildman–Crippen MR) is 67.7 cm³/mol. The number of aryl methyl sites for hydroxylation is 1. The number of carbonyl (C=O) groups is 1. The highest BCUT2D eigenvalue weighted by molar-refractivity contribution is 5.79. The Morgan fingerprint density at radius 2 is 2.23 bits per heavy atom. The molecule has 0 bridgehead atoms. The largest absolute Gasteiger partial charge is 0.471 e. The number of nitrogens with zero attached hydrogens (tertiary/aromatic N) is 4. The minimum atomic E-state index is -4.67. The van der Waals surface area contributed by atoms with Crippen LogP contribution in [-0.4, -0.2) is 32.4 Å². The second-order valence-corrected chi connectivity index (χ2v) is 4.73. The summed E-state index contributed by atoms with van der Waals surface area (Å²) in [5.74, 6) is -1.81. The Balaban J connectivity index is 1.83. The average Bonchev–Trinajstić information content (AvgIpc) is 3.06. The summed E-state index contributed by atoms with van der Waals surface area (Å²) >= 11 is 0. The van der Waals surface area contributed by atoms with Crippen molar-refractivity contribution < 1.29 is 22.5 Å². The molecule has 0 aliphatic heterocycles. The average molecular weight is 317 g/mol. The van der Waals surface area contributed by atoms with Crippen molar-refractivity contribution in [3.8, 4) is 0 Å². The van der Waals surface area contributed by atoms with Crippen molar-refractivity contribution in [3.05, 3.63) is 29.7 Å². The number of hydrogen-bond acceptors (Lipinski definition) is 5. The second-order valence-electron chi connectivity index (χ2n) is 4.73. The normalized spacial score (nSPS) is 13.1. The van der Waals surface area contributed by atoms with E-state index in [4.69, 9.17) is 0 Å². The molecule has 7 nitrogen and oxygen atoms in total. The lowest BCUT2D eigenvalue weighted by Crippen LogP contribution is -2.32. The molecule has 0 radical (unpaired) electrons. The maximum atomic E-state index is 12.3. The summed E-state index contributed by atoms with van der Waals surface area (Å²) in [6, 6.07) is -0.523. The molecular formula is C12H14F3N5O2. The van der Waals surface area contributed by atoms with Crippen LogP contribution in [0.3, 0.4) is 0 Å². The molecule has 2 rings (SSSR count). The summed E-state index contributed by atoms with van der Waals surface area (Å²) in [7, 11) is 0. The van der Waals surface area contributed by atoms with E-state index in [-0.39, 0.29) is 24.7 Å². The van der Waals surface area contributed by atoms with Gasteiger partial charge in [0.1, 0.15) is 6.04 Å². The van der Waals surface area contributed by atoms with Crippen LogP contribution in [0, 0.1) is 6.92 Å². The van der Waals surface area contributed by atoms with Crippen LogP contribution < -0.4 is 5.32 Å². The fourth-order valence-corrected chi connectivity index (χ4v) is 1.68. The quantitative estimate of drug-likeness (QED) is 0.903. The lowest BCUT2D eigenvalue weighted by atomic mass is 10.3. The van der Waals surface area contributed by atoms with Crippen molar-refractivity contribution in [2.45, 2.75) is 32.5 Å². The van der Waals surface area contributed by atoms with Crippen LogP contribution >= 0.6 is 0 Å². The molecule has 2 heterocycles. The Morgan fingerprint density at radius 1 is 1.50 bits per heavy atom. The standard InChI is InChI=1S/C12H14F3N5O2/c1-7-5-17-20(6-7)8(2)10(21)16-4-3-9-18-11(22-19-9)12(13,14)15/h5-6,8H,3-4H2,1-2H3,(H,16,21)/t8-/m1/s1. The number of alkyl halides is 3. The Labute approximate surface area is 123 Å². The maximum Gasteiger partial charge on any atom is 0.471 e. The van der Waals surface area contributed by atoms with Gasteiger partial charge in [0.2, 0.25) is 5.91 Å². The third-order valence-electron chi connectivity index (χ3n) is 2.87. The van der Waals surface area contributed by atoms with E-state index in [2.05, 4.69) is 25.1 Å². The van der Waals surface area contributed by atoms with Gasteiger partial charge in [-0.1, -0.05) is 5.16 Å². The third-order valence-corrected chi connectivity index (χ3v) is 2.87. The molecule has 0 saturated heterocycles. The molecule has 10 heteroatoms. The van der Waals surface area contributed by atoms with Crippen LogP contribution in [-0.2, 0) is 17.4 Å². The van der Waals surface area contributed by atoms with Crippen LogP contribution in [0.4, 0.5) is 13.2 Å². The predicted octanol–water partition coefficient (Wildman–Crippen LogP) is 1.51. The minimum Gasteiger partial charge on any atom is -0.354 e. The first-order valence-corrected chi connectivity index (χ1v) is 6.45. The summed E-state index contributed by atoms with van der Waals surface area (Å²) in [4.78, 5) is 15.1. The van der Waals surface area contributed by atoms with Crippen LogP contribution in [0.2, 0.25) is 0 Å². The molecular weight excluding hydrogens is 303 g/mol. The zero-order chi connectivity index (χ0) is 16.3. The van der Waals surface area contributed by atoms with Gasteiger partial charge in [-0.15, -0.1) is 0 Å². The molecule has 0 saturated carbocycles. The van der Waals surface area contributed by atoms with Gasteiger partial charge in [0.05, 0.1) is 6.20 Å². The van der Waals surface area contributed by atoms with Gasteiger partial charge in [-0.05, 0) is 19.4 Å². The summed E-state index contributed by atoms with van der Waals surface area (Å²) in [5, 5.41) is 9.82. The van der Waals surface area contributed by atoms with E-state index in [1.807, 2.05) is 6.92 Å². The number of rotatable bonds is 5. The van der Waals surface area contributed by atoms with Crippen molar-refractivity contribution in [1.82, 2.24) is 25.2 Å². The lowest BCUT2D eigenvalue weighted by Gasteiger charge is -2.11. The molecule has 120 valence electrons. The van der Waals surface area contributed by atoms with Gasteiger partial charge in [0, 0.05) is 19.2 Å². The lowest BCUT2D eigenvalue weighted by molar-refractivity contribution is -0.159. The van der Waals surface area contributed by atoms with E-state index in [1.165, 1.54) is 4.68 Å². The molecule has 0 spiro atoms. The fourth-order valence-electron chi connectivity index (χ4n) is 1.68. The van der Waals surface area contributed by atoms with E-state index >= 15 is 0 Å².